The van der Waals surface area contributed by atoms with Crippen molar-refractivity contribution in [1.29, 1.82) is 0 Å². The van der Waals surface area contributed by atoms with Crippen molar-refractivity contribution in [1.82, 2.24) is 4.72 Å². The Bertz CT molecular complexity index is 756. The first kappa shape index (κ1) is 16.8. The molecule has 0 spiro atoms. The average molecular weight is 346 g/mol. The molecular weight excluding hydrogens is 330 g/mol. The third-order valence-electron chi connectivity index (χ3n) is 2.99. The molecule has 8 heteroatoms. The lowest BCUT2D eigenvalue weighted by atomic mass is 10.3. The molecule has 1 heterocycles. The molecule has 0 fully saturated rings. The number of benzene rings is 1. The number of methoxy groups -OCH3 is 1. The molecule has 22 heavy (non-hydrogen) atoms. The van der Waals surface area contributed by atoms with Gasteiger partial charge in [-0.15, -0.1) is 0 Å². The van der Waals surface area contributed by atoms with Crippen molar-refractivity contribution in [3.8, 4) is 5.75 Å². The SMILES string of the molecule is COc1ccc(S(=O)(=O)NCC(O)c2ccc(C)o2)cc1Cl. The molecule has 1 aromatic heterocycles. The van der Waals surface area contributed by atoms with Crippen LogP contribution in [0.1, 0.15) is 17.6 Å². The van der Waals surface area contributed by atoms with Crippen molar-refractivity contribution in [2.45, 2.75) is 17.9 Å². The maximum absolute atomic E-state index is 12.2. The van der Waals surface area contributed by atoms with E-state index in [0.717, 1.165) is 0 Å². The third-order valence-corrected chi connectivity index (χ3v) is 4.71. The number of hydrogen-bond acceptors (Lipinski definition) is 5. The van der Waals surface area contributed by atoms with Gasteiger partial charge in [-0.1, -0.05) is 11.6 Å². The van der Waals surface area contributed by atoms with Gasteiger partial charge in [0.05, 0.1) is 17.0 Å². The van der Waals surface area contributed by atoms with Gasteiger partial charge in [-0.25, -0.2) is 13.1 Å². The van der Waals surface area contributed by atoms with Crippen LogP contribution in [0.2, 0.25) is 5.02 Å². The van der Waals surface area contributed by atoms with Gasteiger partial charge in [0.15, 0.2) is 0 Å². The molecule has 1 unspecified atom stereocenters. The van der Waals surface area contributed by atoms with Gasteiger partial charge in [-0.05, 0) is 37.3 Å². The van der Waals surface area contributed by atoms with Crippen molar-refractivity contribution in [3.63, 3.8) is 0 Å². The summed E-state index contributed by atoms with van der Waals surface area (Å²) >= 11 is 5.92. The zero-order valence-corrected chi connectivity index (χ0v) is 13.6. The molecule has 0 saturated heterocycles. The highest BCUT2D eigenvalue weighted by atomic mass is 35.5. The van der Waals surface area contributed by atoms with E-state index in [-0.39, 0.29) is 16.5 Å². The minimum absolute atomic E-state index is 0.0128. The van der Waals surface area contributed by atoms with Crippen molar-refractivity contribution in [2.75, 3.05) is 13.7 Å². The third kappa shape index (κ3) is 3.80. The van der Waals surface area contributed by atoms with Crippen molar-refractivity contribution >= 4 is 21.6 Å². The lowest BCUT2D eigenvalue weighted by Crippen LogP contribution is -2.28. The van der Waals surface area contributed by atoms with Crippen LogP contribution in [0, 0.1) is 6.92 Å². The van der Waals surface area contributed by atoms with Crippen LogP contribution < -0.4 is 9.46 Å². The Hall–Kier alpha value is -1.54. The monoisotopic (exact) mass is 345 g/mol. The predicted octanol–water partition coefficient (Wildman–Crippen LogP) is 2.26. The minimum atomic E-state index is -3.80. The molecule has 0 saturated carbocycles. The van der Waals surface area contributed by atoms with Crippen LogP contribution in [0.25, 0.3) is 0 Å². The van der Waals surface area contributed by atoms with Gasteiger partial charge in [0.2, 0.25) is 10.0 Å². The van der Waals surface area contributed by atoms with E-state index >= 15 is 0 Å². The van der Waals surface area contributed by atoms with Crippen LogP contribution in [0.5, 0.6) is 5.75 Å². The van der Waals surface area contributed by atoms with Crippen molar-refractivity contribution < 1.29 is 22.7 Å². The van der Waals surface area contributed by atoms with Gasteiger partial charge < -0.3 is 14.3 Å². The molecule has 0 radical (unpaired) electrons. The molecule has 0 aliphatic heterocycles. The van der Waals surface area contributed by atoms with Crippen LogP contribution in [0.4, 0.5) is 0 Å². The van der Waals surface area contributed by atoms with E-state index in [9.17, 15) is 13.5 Å². The van der Waals surface area contributed by atoms with Crippen LogP contribution in [-0.2, 0) is 10.0 Å². The second-order valence-electron chi connectivity index (χ2n) is 4.61. The molecule has 0 amide bonds. The number of nitrogens with one attached hydrogen (secondary N) is 1. The zero-order valence-electron chi connectivity index (χ0n) is 12.0. The number of halogens is 1. The lowest BCUT2D eigenvalue weighted by Gasteiger charge is -2.11. The molecule has 1 atom stereocenters. The summed E-state index contributed by atoms with van der Waals surface area (Å²) < 4.78 is 36.9. The number of aliphatic hydroxyl groups is 1. The Morgan fingerprint density at radius 1 is 1.36 bits per heavy atom. The number of aryl methyl sites for hydroxylation is 1. The van der Waals surface area contributed by atoms with E-state index in [1.54, 1.807) is 19.1 Å². The fourth-order valence-corrected chi connectivity index (χ4v) is 3.21. The molecular formula is C14H16ClNO5S. The second kappa shape index (κ2) is 6.70. The standard InChI is InChI=1S/C14H16ClNO5S/c1-9-3-5-14(21-9)12(17)8-16-22(18,19)10-4-6-13(20-2)11(15)7-10/h3-7,12,16-17H,8H2,1-2H3. The van der Waals surface area contributed by atoms with Crippen LogP contribution >= 0.6 is 11.6 Å². The summed E-state index contributed by atoms with van der Waals surface area (Å²) in [5.41, 5.74) is 0. The molecule has 2 N–H and O–H groups in total. The van der Waals surface area contributed by atoms with Crippen molar-refractivity contribution in [2.24, 2.45) is 0 Å². The normalized spacial score (nSPS) is 13.1. The van der Waals surface area contributed by atoms with Gasteiger partial charge in [-0.2, -0.15) is 0 Å². The minimum Gasteiger partial charge on any atom is -0.495 e. The Labute approximate surface area is 133 Å². The largest absolute Gasteiger partial charge is 0.495 e. The Morgan fingerprint density at radius 2 is 2.09 bits per heavy atom. The topological polar surface area (TPSA) is 88.8 Å². The summed E-state index contributed by atoms with van der Waals surface area (Å²) in [4.78, 5) is -0.0128. The molecule has 0 bridgehead atoms. The maximum atomic E-state index is 12.2. The molecule has 2 aromatic rings. The predicted molar refractivity (Wildman–Crippen MR) is 81.6 cm³/mol. The van der Waals surface area contributed by atoms with Crippen LogP contribution in [-0.4, -0.2) is 27.2 Å². The van der Waals surface area contributed by atoms with E-state index in [0.29, 0.717) is 17.3 Å². The maximum Gasteiger partial charge on any atom is 0.240 e. The average Bonchev–Trinajstić information content (AvgIpc) is 2.91. The number of hydrogen-bond donors (Lipinski definition) is 2. The molecule has 0 aliphatic rings. The second-order valence-corrected chi connectivity index (χ2v) is 6.79. The number of sulfonamides is 1. The number of aliphatic hydroxyl groups excluding tert-OH is 1. The Kier molecular flexibility index (Phi) is 5.12. The van der Waals surface area contributed by atoms with Crippen LogP contribution in [0.3, 0.4) is 0 Å². The van der Waals surface area contributed by atoms with E-state index < -0.39 is 16.1 Å². The fraction of sp³-hybridized carbons (Fsp3) is 0.286. The van der Waals surface area contributed by atoms with E-state index in [1.807, 2.05) is 0 Å². The highest BCUT2D eigenvalue weighted by Crippen LogP contribution is 2.27. The van der Waals surface area contributed by atoms with Gasteiger partial charge in [0.1, 0.15) is 23.4 Å². The van der Waals surface area contributed by atoms with Gasteiger partial charge in [-0.3, -0.25) is 0 Å². The summed E-state index contributed by atoms with van der Waals surface area (Å²) in [5, 5.41) is 10.1. The van der Waals surface area contributed by atoms with E-state index in [1.165, 1.54) is 25.3 Å². The number of ether oxygens (including phenoxy) is 1. The van der Waals surface area contributed by atoms with Gasteiger partial charge in [0.25, 0.3) is 0 Å². The molecule has 120 valence electrons. The molecule has 2 rings (SSSR count). The van der Waals surface area contributed by atoms with Gasteiger partial charge >= 0.3 is 0 Å². The molecule has 0 aliphatic carbocycles. The first-order valence-corrected chi connectivity index (χ1v) is 8.27. The Balaban J connectivity index is 2.09. The summed E-state index contributed by atoms with van der Waals surface area (Å²) in [6.45, 7) is 1.53. The first-order chi connectivity index (χ1) is 10.3. The highest BCUT2D eigenvalue weighted by Gasteiger charge is 2.19. The van der Waals surface area contributed by atoms with Gasteiger partial charge in [0, 0.05) is 6.54 Å². The van der Waals surface area contributed by atoms with Crippen molar-refractivity contribution in [3.05, 3.63) is 46.9 Å². The smallest absolute Gasteiger partial charge is 0.240 e. The highest BCUT2D eigenvalue weighted by molar-refractivity contribution is 7.89. The fourth-order valence-electron chi connectivity index (χ4n) is 1.82. The molecule has 1 aromatic carbocycles. The zero-order chi connectivity index (χ0) is 16.3. The van der Waals surface area contributed by atoms with Crippen LogP contribution in [0.15, 0.2) is 39.6 Å². The summed E-state index contributed by atoms with van der Waals surface area (Å²) in [6.07, 6.45) is -1.07. The van der Waals surface area contributed by atoms with E-state index in [2.05, 4.69) is 4.72 Å². The summed E-state index contributed by atoms with van der Waals surface area (Å²) in [7, 11) is -2.36. The number of furan rings is 1. The number of rotatable bonds is 6. The van der Waals surface area contributed by atoms with E-state index in [4.69, 9.17) is 20.8 Å². The summed E-state index contributed by atoms with van der Waals surface area (Å²) in [5.74, 6) is 1.32. The molecule has 6 nitrogen and oxygen atoms in total. The first-order valence-electron chi connectivity index (χ1n) is 6.41. The Morgan fingerprint density at radius 3 is 2.64 bits per heavy atom. The quantitative estimate of drug-likeness (QED) is 0.838. The summed E-state index contributed by atoms with van der Waals surface area (Å²) in [6, 6.07) is 7.40. The lowest BCUT2D eigenvalue weighted by molar-refractivity contribution is 0.152.